The summed E-state index contributed by atoms with van der Waals surface area (Å²) in [6.45, 7) is 5.60. The quantitative estimate of drug-likeness (QED) is 0.843. The monoisotopic (exact) mass is 275 g/mol. The zero-order chi connectivity index (χ0) is 14.4. The van der Waals surface area contributed by atoms with Crippen LogP contribution in [0, 0.1) is 17.8 Å². The van der Waals surface area contributed by atoms with Crippen LogP contribution in [0.15, 0.2) is 30.3 Å². The molecule has 0 spiro atoms. The van der Waals surface area contributed by atoms with Gasteiger partial charge >= 0.3 is 0 Å². The minimum atomic E-state index is 0.591. The second kappa shape index (κ2) is 7.68. The fraction of sp³-hybridized carbons (Fsp3) is 0.667. The third-order valence-corrected chi connectivity index (χ3v) is 5.02. The van der Waals surface area contributed by atoms with Crippen molar-refractivity contribution in [1.82, 2.24) is 5.32 Å². The molecule has 1 aliphatic carbocycles. The van der Waals surface area contributed by atoms with Gasteiger partial charge in [0.2, 0.25) is 0 Å². The van der Waals surface area contributed by atoms with Crippen LogP contribution in [0.25, 0.3) is 0 Å². The van der Waals surface area contributed by atoms with Crippen LogP contribution in [0.3, 0.4) is 0 Å². The first-order valence-electron chi connectivity index (χ1n) is 8.05. The molecule has 2 heteroatoms. The van der Waals surface area contributed by atoms with E-state index in [0.29, 0.717) is 6.04 Å². The zero-order valence-corrected chi connectivity index (χ0v) is 13.1. The van der Waals surface area contributed by atoms with Gasteiger partial charge in [0.25, 0.3) is 0 Å². The highest BCUT2D eigenvalue weighted by Gasteiger charge is 2.29. The van der Waals surface area contributed by atoms with E-state index >= 15 is 0 Å². The predicted molar refractivity (Wildman–Crippen MR) is 85.1 cm³/mol. The number of ether oxygens (including phenoxy) is 1. The average Bonchev–Trinajstić information content (AvgIpc) is 2.48. The molecule has 2 nitrogen and oxygen atoms in total. The molecule has 1 aliphatic rings. The second-order valence-electron chi connectivity index (χ2n) is 6.37. The van der Waals surface area contributed by atoms with E-state index in [1.54, 1.807) is 0 Å². The number of hydrogen-bond acceptors (Lipinski definition) is 2. The van der Waals surface area contributed by atoms with E-state index in [1.165, 1.54) is 19.3 Å². The fourth-order valence-corrected chi connectivity index (χ4v) is 3.39. The van der Waals surface area contributed by atoms with Crippen molar-refractivity contribution < 1.29 is 4.74 Å². The smallest absolute Gasteiger partial charge is 0.119 e. The van der Waals surface area contributed by atoms with E-state index in [1.807, 2.05) is 30.3 Å². The van der Waals surface area contributed by atoms with Gasteiger partial charge in [-0.05, 0) is 56.2 Å². The summed E-state index contributed by atoms with van der Waals surface area (Å²) in [5.41, 5.74) is 0. The van der Waals surface area contributed by atoms with Gasteiger partial charge in [-0.1, -0.05) is 38.5 Å². The molecule has 0 aliphatic heterocycles. The Balaban J connectivity index is 1.77. The van der Waals surface area contributed by atoms with Gasteiger partial charge in [-0.15, -0.1) is 0 Å². The molecule has 0 heterocycles. The molecule has 0 bridgehead atoms. The predicted octanol–water partition coefficient (Wildman–Crippen LogP) is 4.12. The van der Waals surface area contributed by atoms with Gasteiger partial charge in [0.05, 0.1) is 6.61 Å². The van der Waals surface area contributed by atoms with Gasteiger partial charge in [0.15, 0.2) is 0 Å². The highest BCUT2D eigenvalue weighted by atomic mass is 16.5. The summed E-state index contributed by atoms with van der Waals surface area (Å²) >= 11 is 0. The first kappa shape index (κ1) is 15.4. The number of hydrogen-bond donors (Lipinski definition) is 1. The molecule has 0 aromatic heterocycles. The second-order valence-corrected chi connectivity index (χ2v) is 6.37. The van der Waals surface area contributed by atoms with Crippen LogP contribution < -0.4 is 10.1 Å². The SMILES string of the molecule is CNC(CCOc1ccccc1)C1CCC(C)C(C)C1. The van der Waals surface area contributed by atoms with E-state index in [4.69, 9.17) is 4.74 Å². The molecule has 1 aromatic rings. The number of para-hydroxylation sites is 1. The molecular weight excluding hydrogens is 246 g/mol. The lowest BCUT2D eigenvalue weighted by Crippen LogP contribution is -2.38. The van der Waals surface area contributed by atoms with Gasteiger partial charge in [-0.25, -0.2) is 0 Å². The Morgan fingerprint density at radius 3 is 2.55 bits per heavy atom. The summed E-state index contributed by atoms with van der Waals surface area (Å²) in [4.78, 5) is 0. The van der Waals surface area contributed by atoms with E-state index in [2.05, 4.69) is 26.2 Å². The lowest BCUT2D eigenvalue weighted by atomic mass is 9.73. The van der Waals surface area contributed by atoms with Gasteiger partial charge < -0.3 is 10.1 Å². The lowest BCUT2D eigenvalue weighted by Gasteiger charge is -2.36. The fourth-order valence-electron chi connectivity index (χ4n) is 3.39. The molecule has 0 amide bonds. The first-order valence-corrected chi connectivity index (χ1v) is 8.05. The van der Waals surface area contributed by atoms with Gasteiger partial charge in [-0.3, -0.25) is 0 Å². The van der Waals surface area contributed by atoms with Crippen LogP contribution >= 0.6 is 0 Å². The molecule has 4 unspecified atom stereocenters. The third kappa shape index (κ3) is 4.24. The normalized spacial score (nSPS) is 28.1. The molecule has 1 saturated carbocycles. The van der Waals surface area contributed by atoms with Crippen LogP contribution in [0.1, 0.15) is 39.5 Å². The summed E-state index contributed by atoms with van der Waals surface area (Å²) in [5, 5.41) is 3.51. The van der Waals surface area contributed by atoms with E-state index in [-0.39, 0.29) is 0 Å². The van der Waals surface area contributed by atoms with E-state index in [9.17, 15) is 0 Å². The van der Waals surface area contributed by atoms with Gasteiger partial charge in [-0.2, -0.15) is 0 Å². The summed E-state index contributed by atoms with van der Waals surface area (Å²) in [6, 6.07) is 10.7. The molecule has 4 atom stereocenters. The summed E-state index contributed by atoms with van der Waals surface area (Å²) in [7, 11) is 2.09. The van der Waals surface area contributed by atoms with Gasteiger partial charge in [0, 0.05) is 6.04 Å². The summed E-state index contributed by atoms with van der Waals surface area (Å²) < 4.78 is 5.84. The van der Waals surface area contributed by atoms with Crippen LogP contribution in [-0.4, -0.2) is 19.7 Å². The van der Waals surface area contributed by atoms with Crippen molar-refractivity contribution in [3.63, 3.8) is 0 Å². The average molecular weight is 275 g/mol. The molecule has 112 valence electrons. The summed E-state index contributed by atoms with van der Waals surface area (Å²) in [5.74, 6) is 3.54. The third-order valence-electron chi connectivity index (χ3n) is 5.02. The minimum Gasteiger partial charge on any atom is -0.494 e. The van der Waals surface area contributed by atoms with E-state index in [0.717, 1.165) is 36.5 Å². The molecular formula is C18H29NO. The van der Waals surface area contributed by atoms with Crippen molar-refractivity contribution in [2.24, 2.45) is 17.8 Å². The maximum Gasteiger partial charge on any atom is 0.119 e. The van der Waals surface area contributed by atoms with Gasteiger partial charge in [0.1, 0.15) is 5.75 Å². The minimum absolute atomic E-state index is 0.591. The standard InChI is InChI=1S/C18H29NO/c1-14-9-10-16(13-15(14)2)18(19-3)11-12-20-17-7-5-4-6-8-17/h4-8,14-16,18-19H,9-13H2,1-3H3. The van der Waals surface area contributed by atoms with Crippen molar-refractivity contribution >= 4 is 0 Å². The zero-order valence-electron chi connectivity index (χ0n) is 13.1. The Labute approximate surface area is 123 Å². The van der Waals surface area contributed by atoms with Crippen molar-refractivity contribution in [2.75, 3.05) is 13.7 Å². The van der Waals surface area contributed by atoms with E-state index < -0.39 is 0 Å². The van der Waals surface area contributed by atoms with Crippen molar-refractivity contribution in [2.45, 2.75) is 45.6 Å². The van der Waals surface area contributed by atoms with Crippen LogP contribution in [0.2, 0.25) is 0 Å². The topological polar surface area (TPSA) is 21.3 Å². The maximum atomic E-state index is 5.84. The Morgan fingerprint density at radius 1 is 1.15 bits per heavy atom. The Kier molecular flexibility index (Phi) is 5.90. The Morgan fingerprint density at radius 2 is 1.90 bits per heavy atom. The van der Waals surface area contributed by atoms with Crippen molar-refractivity contribution in [3.8, 4) is 5.75 Å². The Bertz CT molecular complexity index is 378. The van der Waals surface area contributed by atoms with Crippen molar-refractivity contribution in [3.05, 3.63) is 30.3 Å². The van der Waals surface area contributed by atoms with Crippen LogP contribution in [-0.2, 0) is 0 Å². The van der Waals surface area contributed by atoms with Crippen LogP contribution in [0.4, 0.5) is 0 Å². The largest absolute Gasteiger partial charge is 0.494 e. The molecule has 20 heavy (non-hydrogen) atoms. The summed E-state index contributed by atoms with van der Waals surface area (Å²) in [6.07, 6.45) is 5.20. The van der Waals surface area contributed by atoms with Crippen molar-refractivity contribution in [1.29, 1.82) is 0 Å². The molecule has 2 rings (SSSR count). The number of nitrogens with one attached hydrogen (secondary N) is 1. The number of rotatable bonds is 6. The maximum absolute atomic E-state index is 5.84. The molecule has 0 saturated heterocycles. The molecule has 1 N–H and O–H groups in total. The highest BCUT2D eigenvalue weighted by Crippen LogP contribution is 2.35. The van der Waals surface area contributed by atoms with Crippen LogP contribution in [0.5, 0.6) is 5.75 Å². The molecule has 1 fully saturated rings. The molecule has 0 radical (unpaired) electrons. The molecule has 1 aromatic carbocycles. The Hall–Kier alpha value is -1.02. The first-order chi connectivity index (χ1) is 9.70. The lowest BCUT2D eigenvalue weighted by molar-refractivity contribution is 0.158. The highest BCUT2D eigenvalue weighted by molar-refractivity contribution is 5.20. The number of benzene rings is 1.